The second kappa shape index (κ2) is 7.61. The molecule has 0 heterocycles. The average Bonchev–Trinajstić information content (AvgIpc) is 2.55. The summed E-state index contributed by atoms with van der Waals surface area (Å²) < 4.78 is 37.4. The van der Waals surface area contributed by atoms with Gasteiger partial charge in [-0.2, -0.15) is 0 Å². The molecule has 0 radical (unpaired) electrons. The highest BCUT2D eigenvalue weighted by Crippen LogP contribution is 2.19. The molecule has 0 unspecified atom stereocenters. The predicted octanol–water partition coefficient (Wildman–Crippen LogP) is 3.37. The van der Waals surface area contributed by atoms with Crippen LogP contribution in [0.1, 0.15) is 21.5 Å². The fourth-order valence-electron chi connectivity index (χ4n) is 2.44. The van der Waals surface area contributed by atoms with E-state index in [4.69, 9.17) is 0 Å². The van der Waals surface area contributed by atoms with Crippen LogP contribution in [-0.2, 0) is 16.4 Å². The number of benzene rings is 2. The predicted molar refractivity (Wildman–Crippen MR) is 95.6 cm³/mol. The number of aryl methyl sites for hydroxylation is 1. The van der Waals surface area contributed by atoms with Crippen molar-refractivity contribution in [3.05, 3.63) is 77.6 Å². The van der Waals surface area contributed by atoms with Gasteiger partial charge in [-0.25, -0.2) is 12.8 Å². The molecule has 2 aromatic carbocycles. The fraction of sp³-hybridized carbons (Fsp3) is 0.211. The standard InChI is InChI=1S/C19H20FNO3S/c1-4-11-21(13-15-7-5-6-8-18(15)20)19(22)17-12-16(25(3,23)24)10-9-14(17)2/h4-10,12H,1,11,13H2,2-3H3. The molecule has 0 saturated carbocycles. The minimum absolute atomic E-state index is 0.0695. The van der Waals surface area contributed by atoms with Crippen LogP contribution in [0.15, 0.2) is 60.0 Å². The largest absolute Gasteiger partial charge is 0.330 e. The highest BCUT2D eigenvalue weighted by atomic mass is 32.2. The quantitative estimate of drug-likeness (QED) is 0.742. The monoisotopic (exact) mass is 361 g/mol. The van der Waals surface area contributed by atoms with Crippen LogP contribution in [0.25, 0.3) is 0 Å². The minimum Gasteiger partial charge on any atom is -0.330 e. The van der Waals surface area contributed by atoms with E-state index in [1.165, 1.54) is 23.1 Å². The molecule has 2 rings (SSSR count). The van der Waals surface area contributed by atoms with Crippen molar-refractivity contribution in [3.63, 3.8) is 0 Å². The first-order valence-electron chi connectivity index (χ1n) is 7.68. The van der Waals surface area contributed by atoms with Crippen molar-refractivity contribution in [2.75, 3.05) is 12.8 Å². The van der Waals surface area contributed by atoms with E-state index in [0.29, 0.717) is 11.1 Å². The molecule has 0 aliphatic heterocycles. The van der Waals surface area contributed by atoms with Crippen LogP contribution < -0.4 is 0 Å². The lowest BCUT2D eigenvalue weighted by Gasteiger charge is -2.23. The number of nitrogens with zero attached hydrogens (tertiary/aromatic N) is 1. The molecule has 0 fully saturated rings. The van der Waals surface area contributed by atoms with Crippen LogP contribution in [0.5, 0.6) is 0 Å². The summed E-state index contributed by atoms with van der Waals surface area (Å²) in [4.78, 5) is 14.4. The Labute approximate surface area is 147 Å². The highest BCUT2D eigenvalue weighted by molar-refractivity contribution is 7.90. The molecule has 0 aromatic heterocycles. The van der Waals surface area contributed by atoms with Crippen molar-refractivity contribution in [3.8, 4) is 0 Å². The van der Waals surface area contributed by atoms with Gasteiger partial charge < -0.3 is 4.90 Å². The summed E-state index contributed by atoms with van der Waals surface area (Å²) in [6, 6.07) is 10.7. The minimum atomic E-state index is -3.43. The smallest absolute Gasteiger partial charge is 0.254 e. The third-order valence-electron chi connectivity index (χ3n) is 3.82. The number of halogens is 1. The van der Waals surface area contributed by atoms with E-state index in [1.807, 2.05) is 0 Å². The van der Waals surface area contributed by atoms with E-state index >= 15 is 0 Å². The number of carbonyl (C=O) groups is 1. The normalized spacial score (nSPS) is 11.2. The summed E-state index contributed by atoms with van der Waals surface area (Å²) in [5.74, 6) is -0.767. The van der Waals surface area contributed by atoms with Gasteiger partial charge in [0.2, 0.25) is 0 Å². The van der Waals surface area contributed by atoms with Gasteiger partial charge in [0, 0.05) is 30.5 Å². The molecular weight excluding hydrogens is 341 g/mol. The lowest BCUT2D eigenvalue weighted by Crippen LogP contribution is -2.31. The van der Waals surface area contributed by atoms with E-state index in [0.717, 1.165) is 6.26 Å². The first kappa shape index (κ1) is 18.9. The SMILES string of the molecule is C=CCN(Cc1ccccc1F)C(=O)c1cc(S(C)(=O)=O)ccc1C. The summed E-state index contributed by atoms with van der Waals surface area (Å²) in [6.45, 7) is 5.65. The number of carbonyl (C=O) groups excluding carboxylic acids is 1. The van der Waals surface area contributed by atoms with Crippen LogP contribution in [0, 0.1) is 12.7 Å². The molecule has 2 aromatic rings. The average molecular weight is 361 g/mol. The van der Waals surface area contributed by atoms with Crippen molar-refractivity contribution in [2.24, 2.45) is 0 Å². The van der Waals surface area contributed by atoms with Gasteiger partial charge in [0.25, 0.3) is 5.91 Å². The van der Waals surface area contributed by atoms with E-state index < -0.39 is 15.7 Å². The zero-order chi connectivity index (χ0) is 18.6. The van der Waals surface area contributed by atoms with Crippen LogP contribution in [0.2, 0.25) is 0 Å². The highest BCUT2D eigenvalue weighted by Gasteiger charge is 2.20. The molecule has 0 N–H and O–H groups in total. The molecule has 0 spiro atoms. The van der Waals surface area contributed by atoms with E-state index in [-0.39, 0.29) is 29.5 Å². The number of rotatable bonds is 6. The Bertz CT molecular complexity index is 907. The summed E-state index contributed by atoms with van der Waals surface area (Å²) in [5, 5.41) is 0. The van der Waals surface area contributed by atoms with Gasteiger partial charge >= 0.3 is 0 Å². The molecule has 132 valence electrons. The summed E-state index contributed by atoms with van der Waals surface area (Å²) in [6.07, 6.45) is 2.64. The Morgan fingerprint density at radius 3 is 2.52 bits per heavy atom. The maximum atomic E-state index is 13.9. The number of hydrogen-bond acceptors (Lipinski definition) is 3. The molecule has 0 bridgehead atoms. The Kier molecular flexibility index (Phi) is 5.74. The van der Waals surface area contributed by atoms with Crippen LogP contribution in [0.3, 0.4) is 0 Å². The zero-order valence-corrected chi connectivity index (χ0v) is 15.0. The van der Waals surface area contributed by atoms with E-state index in [9.17, 15) is 17.6 Å². The molecule has 1 amide bonds. The second-order valence-electron chi connectivity index (χ2n) is 5.81. The van der Waals surface area contributed by atoms with Crippen molar-refractivity contribution in [1.82, 2.24) is 4.90 Å². The third kappa shape index (κ3) is 4.54. The van der Waals surface area contributed by atoms with Crippen molar-refractivity contribution < 1.29 is 17.6 Å². The van der Waals surface area contributed by atoms with Crippen molar-refractivity contribution in [1.29, 1.82) is 0 Å². The number of amides is 1. The van der Waals surface area contributed by atoms with Crippen molar-refractivity contribution >= 4 is 15.7 Å². The Hall–Kier alpha value is -2.47. The van der Waals surface area contributed by atoms with E-state index in [1.54, 1.807) is 37.3 Å². The van der Waals surface area contributed by atoms with Gasteiger partial charge in [-0.15, -0.1) is 6.58 Å². The van der Waals surface area contributed by atoms with Gasteiger partial charge in [0.05, 0.1) is 4.90 Å². The molecule has 0 aliphatic carbocycles. The Balaban J connectivity index is 2.41. The van der Waals surface area contributed by atoms with Gasteiger partial charge in [-0.1, -0.05) is 30.3 Å². The third-order valence-corrected chi connectivity index (χ3v) is 4.93. The van der Waals surface area contributed by atoms with Crippen LogP contribution in [-0.4, -0.2) is 32.0 Å². The maximum absolute atomic E-state index is 13.9. The fourth-order valence-corrected chi connectivity index (χ4v) is 3.09. The molecule has 0 saturated heterocycles. The topological polar surface area (TPSA) is 54.5 Å². The van der Waals surface area contributed by atoms with Gasteiger partial charge in [0.1, 0.15) is 5.82 Å². The molecule has 25 heavy (non-hydrogen) atoms. The van der Waals surface area contributed by atoms with Gasteiger partial charge in [-0.05, 0) is 30.7 Å². The van der Waals surface area contributed by atoms with Gasteiger partial charge in [-0.3, -0.25) is 4.79 Å². The molecular formula is C19H20FNO3S. The number of hydrogen-bond donors (Lipinski definition) is 0. The lowest BCUT2D eigenvalue weighted by molar-refractivity contribution is 0.0760. The number of sulfone groups is 1. The van der Waals surface area contributed by atoms with Crippen LogP contribution in [0.4, 0.5) is 4.39 Å². The maximum Gasteiger partial charge on any atom is 0.254 e. The molecule has 0 atom stereocenters. The second-order valence-corrected chi connectivity index (χ2v) is 7.83. The zero-order valence-electron chi connectivity index (χ0n) is 14.2. The van der Waals surface area contributed by atoms with Crippen molar-refractivity contribution in [2.45, 2.75) is 18.4 Å². The van der Waals surface area contributed by atoms with E-state index in [2.05, 4.69) is 6.58 Å². The summed E-state index contributed by atoms with van der Waals surface area (Å²) >= 11 is 0. The Morgan fingerprint density at radius 1 is 1.24 bits per heavy atom. The molecule has 0 aliphatic rings. The first-order chi connectivity index (χ1) is 11.7. The Morgan fingerprint density at radius 2 is 1.92 bits per heavy atom. The summed E-state index contributed by atoms with van der Waals surface area (Å²) in [7, 11) is -3.43. The summed E-state index contributed by atoms with van der Waals surface area (Å²) in [5.41, 5.74) is 1.32. The first-order valence-corrected chi connectivity index (χ1v) is 9.57. The molecule has 4 nitrogen and oxygen atoms in total. The molecule has 6 heteroatoms. The van der Waals surface area contributed by atoms with Gasteiger partial charge in [0.15, 0.2) is 9.84 Å². The van der Waals surface area contributed by atoms with Crippen LogP contribution >= 0.6 is 0 Å². The lowest BCUT2D eigenvalue weighted by atomic mass is 10.1.